The molecule has 1 aromatic heterocycles. The normalized spacial score (nSPS) is 11.1. The minimum atomic E-state index is 0.763. The molecule has 1 heterocycles. The molecule has 14 heavy (non-hydrogen) atoms. The number of fused-ring (bicyclic) bond motifs is 1. The van der Waals surface area contributed by atoms with Crippen LogP contribution < -0.4 is 0 Å². The Morgan fingerprint density at radius 1 is 1.29 bits per heavy atom. The van der Waals surface area contributed by atoms with Crippen molar-refractivity contribution in [2.75, 3.05) is 0 Å². The van der Waals surface area contributed by atoms with E-state index in [0.717, 1.165) is 33.2 Å². The van der Waals surface area contributed by atoms with Crippen LogP contribution in [-0.4, -0.2) is 4.57 Å². The highest BCUT2D eigenvalue weighted by Gasteiger charge is 2.12. The molecule has 0 saturated carbocycles. The van der Waals surface area contributed by atoms with Crippen LogP contribution in [0.1, 0.15) is 12.5 Å². The maximum Gasteiger partial charge on any atom is 0.112 e. The second-order valence-electron chi connectivity index (χ2n) is 3.30. The van der Waals surface area contributed by atoms with Gasteiger partial charge >= 0.3 is 0 Å². The highest BCUT2D eigenvalue weighted by molar-refractivity contribution is 6.37. The topological polar surface area (TPSA) is 4.93 Å². The second-order valence-corrected chi connectivity index (χ2v) is 4.06. The van der Waals surface area contributed by atoms with Crippen molar-refractivity contribution in [2.24, 2.45) is 0 Å². The summed E-state index contributed by atoms with van der Waals surface area (Å²) in [5, 5.41) is 2.69. The van der Waals surface area contributed by atoms with Crippen LogP contribution in [0.15, 0.2) is 18.2 Å². The Hall–Kier alpha value is -0.660. The Balaban J connectivity index is 2.96. The quantitative estimate of drug-likeness (QED) is 0.686. The zero-order chi connectivity index (χ0) is 10.3. The molecule has 0 atom stereocenters. The minimum Gasteiger partial charge on any atom is -0.330 e. The lowest BCUT2D eigenvalue weighted by Gasteiger charge is -2.03. The SMILES string of the molecule is CCn1c(Cl)c(C)c2cccc(Cl)c21. The standard InChI is InChI=1S/C11H11Cl2N/c1-3-14-10-8(7(2)11(14)13)5-4-6-9(10)12/h4-6H,3H2,1-2H3. The molecule has 0 radical (unpaired) electrons. The van der Waals surface area contributed by atoms with E-state index in [1.165, 1.54) is 0 Å². The summed E-state index contributed by atoms with van der Waals surface area (Å²) < 4.78 is 2.04. The average Bonchev–Trinajstić information content (AvgIpc) is 2.43. The molecule has 0 N–H and O–H groups in total. The van der Waals surface area contributed by atoms with Gasteiger partial charge in [0.15, 0.2) is 0 Å². The number of halogens is 2. The fraction of sp³-hybridized carbons (Fsp3) is 0.273. The summed E-state index contributed by atoms with van der Waals surface area (Å²) in [6.07, 6.45) is 0. The molecule has 0 saturated heterocycles. The van der Waals surface area contributed by atoms with Crippen molar-refractivity contribution in [1.29, 1.82) is 0 Å². The van der Waals surface area contributed by atoms with Gasteiger partial charge in [0.1, 0.15) is 5.15 Å². The largest absolute Gasteiger partial charge is 0.330 e. The fourth-order valence-electron chi connectivity index (χ4n) is 1.80. The molecule has 0 fully saturated rings. The number of aromatic nitrogens is 1. The van der Waals surface area contributed by atoms with Crippen LogP contribution in [0, 0.1) is 6.92 Å². The van der Waals surface area contributed by atoms with Crippen molar-refractivity contribution in [3.63, 3.8) is 0 Å². The Kier molecular flexibility index (Phi) is 2.46. The van der Waals surface area contributed by atoms with Crippen molar-refractivity contribution < 1.29 is 0 Å². The monoisotopic (exact) mass is 227 g/mol. The smallest absolute Gasteiger partial charge is 0.112 e. The van der Waals surface area contributed by atoms with Gasteiger partial charge < -0.3 is 4.57 Å². The third-order valence-electron chi connectivity index (χ3n) is 2.52. The predicted octanol–water partition coefficient (Wildman–Crippen LogP) is 4.28. The van der Waals surface area contributed by atoms with E-state index in [0.29, 0.717) is 0 Å². The van der Waals surface area contributed by atoms with E-state index in [2.05, 4.69) is 13.0 Å². The van der Waals surface area contributed by atoms with E-state index in [1.807, 2.05) is 23.6 Å². The highest BCUT2D eigenvalue weighted by atomic mass is 35.5. The first kappa shape index (κ1) is 9.88. The Bertz CT molecular complexity index is 485. The van der Waals surface area contributed by atoms with Gasteiger partial charge in [-0.2, -0.15) is 0 Å². The van der Waals surface area contributed by atoms with Gasteiger partial charge in [-0.05, 0) is 25.5 Å². The molecule has 1 aromatic carbocycles. The predicted molar refractivity (Wildman–Crippen MR) is 62.4 cm³/mol. The van der Waals surface area contributed by atoms with Crippen LogP contribution in [0.3, 0.4) is 0 Å². The van der Waals surface area contributed by atoms with Crippen LogP contribution in [-0.2, 0) is 6.54 Å². The fourth-order valence-corrected chi connectivity index (χ4v) is 2.38. The van der Waals surface area contributed by atoms with Gasteiger partial charge in [0.05, 0.1) is 10.5 Å². The molecule has 1 nitrogen and oxygen atoms in total. The number of hydrogen-bond acceptors (Lipinski definition) is 0. The Morgan fingerprint density at radius 3 is 2.64 bits per heavy atom. The third-order valence-corrected chi connectivity index (χ3v) is 3.32. The lowest BCUT2D eigenvalue weighted by molar-refractivity contribution is 0.796. The first-order valence-corrected chi connectivity index (χ1v) is 5.35. The average molecular weight is 228 g/mol. The van der Waals surface area contributed by atoms with E-state index in [-0.39, 0.29) is 0 Å². The molecule has 0 amide bonds. The van der Waals surface area contributed by atoms with E-state index in [9.17, 15) is 0 Å². The van der Waals surface area contributed by atoms with Crippen molar-refractivity contribution >= 4 is 34.1 Å². The number of benzene rings is 1. The lowest BCUT2D eigenvalue weighted by atomic mass is 10.2. The zero-order valence-electron chi connectivity index (χ0n) is 8.14. The van der Waals surface area contributed by atoms with Crippen LogP contribution in [0.5, 0.6) is 0 Å². The molecule has 0 aliphatic carbocycles. The second kappa shape index (κ2) is 3.48. The van der Waals surface area contributed by atoms with Gasteiger partial charge in [0.2, 0.25) is 0 Å². The maximum absolute atomic E-state index is 6.21. The third kappa shape index (κ3) is 1.23. The zero-order valence-corrected chi connectivity index (χ0v) is 9.65. The Labute approximate surface area is 93.2 Å². The van der Waals surface area contributed by atoms with Crippen molar-refractivity contribution in [1.82, 2.24) is 4.57 Å². The first-order chi connectivity index (χ1) is 6.66. The number of hydrogen-bond donors (Lipinski definition) is 0. The van der Waals surface area contributed by atoms with Crippen LogP contribution >= 0.6 is 23.2 Å². The van der Waals surface area contributed by atoms with Gasteiger partial charge in [-0.25, -0.2) is 0 Å². The van der Waals surface area contributed by atoms with E-state index in [4.69, 9.17) is 23.2 Å². The van der Waals surface area contributed by atoms with Gasteiger partial charge in [0.25, 0.3) is 0 Å². The molecular formula is C11H11Cl2N. The highest BCUT2D eigenvalue weighted by Crippen LogP contribution is 2.33. The number of nitrogens with zero attached hydrogens (tertiary/aromatic N) is 1. The lowest BCUT2D eigenvalue weighted by Crippen LogP contribution is -1.93. The van der Waals surface area contributed by atoms with Gasteiger partial charge in [0, 0.05) is 11.9 Å². The molecule has 2 aromatic rings. The summed E-state index contributed by atoms with van der Waals surface area (Å²) in [5.74, 6) is 0. The van der Waals surface area contributed by atoms with Gasteiger partial charge in [-0.3, -0.25) is 0 Å². The van der Waals surface area contributed by atoms with E-state index < -0.39 is 0 Å². The molecule has 0 bridgehead atoms. The number of rotatable bonds is 1. The van der Waals surface area contributed by atoms with Crippen molar-refractivity contribution in [3.05, 3.63) is 33.9 Å². The molecule has 0 aliphatic heterocycles. The van der Waals surface area contributed by atoms with Crippen molar-refractivity contribution in [2.45, 2.75) is 20.4 Å². The van der Waals surface area contributed by atoms with Gasteiger partial charge in [-0.1, -0.05) is 35.3 Å². The van der Waals surface area contributed by atoms with Crippen LogP contribution in [0.4, 0.5) is 0 Å². The summed E-state index contributed by atoms with van der Waals surface area (Å²) in [4.78, 5) is 0. The first-order valence-electron chi connectivity index (χ1n) is 4.59. The maximum atomic E-state index is 6.21. The summed E-state index contributed by atoms with van der Waals surface area (Å²) in [6.45, 7) is 4.92. The molecule has 3 heteroatoms. The summed E-state index contributed by atoms with van der Waals surface area (Å²) in [7, 11) is 0. The molecule has 0 spiro atoms. The molecular weight excluding hydrogens is 217 g/mol. The Morgan fingerprint density at radius 2 is 2.00 bits per heavy atom. The van der Waals surface area contributed by atoms with E-state index in [1.54, 1.807) is 0 Å². The number of aryl methyl sites for hydroxylation is 2. The summed E-state index contributed by atoms with van der Waals surface area (Å²) in [5.41, 5.74) is 2.14. The minimum absolute atomic E-state index is 0.763. The molecule has 0 unspecified atom stereocenters. The molecule has 0 aliphatic rings. The van der Waals surface area contributed by atoms with Crippen LogP contribution in [0.25, 0.3) is 10.9 Å². The van der Waals surface area contributed by atoms with E-state index >= 15 is 0 Å². The van der Waals surface area contributed by atoms with Crippen molar-refractivity contribution in [3.8, 4) is 0 Å². The molecule has 2 rings (SSSR count). The summed E-state index contributed by atoms with van der Waals surface area (Å²) >= 11 is 12.4. The van der Waals surface area contributed by atoms with Crippen LogP contribution in [0.2, 0.25) is 10.2 Å². The number of para-hydroxylation sites is 1. The summed E-state index contributed by atoms with van der Waals surface area (Å²) in [6, 6.07) is 5.90. The molecule has 74 valence electrons. The van der Waals surface area contributed by atoms with Gasteiger partial charge in [-0.15, -0.1) is 0 Å².